The Hall–Kier alpha value is -1.13. The van der Waals surface area contributed by atoms with Crippen LogP contribution >= 0.6 is 12.2 Å². The number of hydrogen-bond acceptors (Lipinski definition) is 3. The van der Waals surface area contributed by atoms with Crippen LogP contribution < -0.4 is 10.6 Å². The number of aliphatic hydroxyl groups excluding tert-OH is 1. The molecule has 0 fully saturated rings. The van der Waals surface area contributed by atoms with Gasteiger partial charge in [0, 0.05) is 24.8 Å². The summed E-state index contributed by atoms with van der Waals surface area (Å²) in [5.74, 6) is 0. The van der Waals surface area contributed by atoms with E-state index in [9.17, 15) is 5.11 Å². The van der Waals surface area contributed by atoms with Crippen LogP contribution in [0, 0.1) is 6.92 Å². The van der Waals surface area contributed by atoms with Gasteiger partial charge < -0.3 is 15.7 Å². The lowest BCUT2D eigenvalue weighted by molar-refractivity contribution is 0.201. The molecule has 4 heteroatoms. The van der Waals surface area contributed by atoms with Crippen molar-refractivity contribution in [3.8, 4) is 0 Å². The molecule has 0 bridgehead atoms. The average Bonchev–Trinajstić information content (AvgIpc) is 2.15. The van der Waals surface area contributed by atoms with Crippen LogP contribution in [0.25, 0.3) is 0 Å². The molecule has 1 aromatic rings. The molecule has 0 aliphatic heterocycles. The first-order valence-electron chi connectivity index (χ1n) is 5.21. The molecular weight excluding hydrogens is 220 g/mol. The van der Waals surface area contributed by atoms with Gasteiger partial charge in [-0.2, -0.15) is 0 Å². The first-order valence-corrected chi connectivity index (χ1v) is 5.62. The predicted molar refractivity (Wildman–Crippen MR) is 72.0 cm³/mol. The monoisotopic (exact) mass is 238 g/mol. The number of rotatable bonds is 4. The number of hydrogen-bond donors (Lipinski definition) is 2. The summed E-state index contributed by atoms with van der Waals surface area (Å²) >= 11 is 5.01. The van der Waals surface area contributed by atoms with Crippen LogP contribution in [0.2, 0.25) is 0 Å². The van der Waals surface area contributed by atoms with Crippen LogP contribution in [0.5, 0.6) is 0 Å². The number of thiocarbonyl (C=S) groups is 1. The van der Waals surface area contributed by atoms with E-state index in [1.165, 1.54) is 0 Å². The van der Waals surface area contributed by atoms with Crippen LogP contribution in [0.4, 0.5) is 5.69 Å². The van der Waals surface area contributed by atoms with Crippen LogP contribution in [0.1, 0.15) is 18.1 Å². The van der Waals surface area contributed by atoms with Crippen molar-refractivity contribution in [2.45, 2.75) is 20.0 Å². The normalized spacial score (nSPS) is 12.2. The fraction of sp³-hybridized carbons (Fsp3) is 0.417. The minimum atomic E-state index is -0.385. The van der Waals surface area contributed by atoms with Gasteiger partial charge in [-0.25, -0.2) is 0 Å². The zero-order valence-electron chi connectivity index (χ0n) is 9.90. The van der Waals surface area contributed by atoms with Crippen molar-refractivity contribution in [3.63, 3.8) is 0 Å². The van der Waals surface area contributed by atoms with Gasteiger partial charge in [-0.1, -0.05) is 18.3 Å². The molecule has 1 atom stereocenters. The summed E-state index contributed by atoms with van der Waals surface area (Å²) < 4.78 is 0. The van der Waals surface area contributed by atoms with E-state index in [2.05, 4.69) is 0 Å². The van der Waals surface area contributed by atoms with Crippen molar-refractivity contribution < 1.29 is 5.11 Å². The second-order valence-corrected chi connectivity index (χ2v) is 4.55. The Morgan fingerprint density at radius 2 is 2.19 bits per heavy atom. The van der Waals surface area contributed by atoms with Gasteiger partial charge in [-0.05, 0) is 31.5 Å². The summed E-state index contributed by atoms with van der Waals surface area (Å²) in [5.41, 5.74) is 8.64. The lowest BCUT2D eigenvalue weighted by Crippen LogP contribution is -2.29. The fourth-order valence-electron chi connectivity index (χ4n) is 1.66. The van der Waals surface area contributed by atoms with E-state index in [-0.39, 0.29) is 6.10 Å². The van der Waals surface area contributed by atoms with E-state index in [4.69, 9.17) is 18.0 Å². The summed E-state index contributed by atoms with van der Waals surface area (Å²) in [7, 11) is 1.92. The molecule has 1 unspecified atom stereocenters. The first-order chi connectivity index (χ1) is 7.41. The van der Waals surface area contributed by atoms with E-state index in [0.29, 0.717) is 11.5 Å². The first kappa shape index (κ1) is 12.9. The van der Waals surface area contributed by atoms with Crippen LogP contribution in [0.3, 0.4) is 0 Å². The van der Waals surface area contributed by atoms with Crippen molar-refractivity contribution in [2.24, 2.45) is 5.73 Å². The lowest BCUT2D eigenvalue weighted by Gasteiger charge is -2.24. The van der Waals surface area contributed by atoms with Crippen molar-refractivity contribution in [1.29, 1.82) is 0 Å². The topological polar surface area (TPSA) is 49.5 Å². The molecule has 0 saturated heterocycles. The van der Waals surface area contributed by atoms with Crippen molar-refractivity contribution >= 4 is 22.9 Å². The number of nitrogens with zero attached hydrogens (tertiary/aromatic N) is 1. The van der Waals surface area contributed by atoms with Gasteiger partial charge in [-0.15, -0.1) is 0 Å². The zero-order valence-corrected chi connectivity index (χ0v) is 10.7. The molecular formula is C12H18N2OS. The summed E-state index contributed by atoms with van der Waals surface area (Å²) in [5, 5.41) is 9.38. The number of aliphatic hydroxyl groups is 1. The molecule has 0 amide bonds. The highest BCUT2D eigenvalue weighted by atomic mass is 32.1. The molecule has 1 rings (SSSR count). The highest BCUT2D eigenvalue weighted by Crippen LogP contribution is 2.21. The third kappa shape index (κ3) is 3.18. The van der Waals surface area contributed by atoms with E-state index < -0.39 is 0 Å². The summed E-state index contributed by atoms with van der Waals surface area (Å²) in [6, 6.07) is 5.93. The molecule has 3 nitrogen and oxygen atoms in total. The number of aryl methyl sites for hydroxylation is 1. The average molecular weight is 238 g/mol. The Morgan fingerprint density at radius 1 is 1.56 bits per heavy atom. The van der Waals surface area contributed by atoms with Gasteiger partial charge in [0.15, 0.2) is 0 Å². The summed E-state index contributed by atoms with van der Waals surface area (Å²) in [6.07, 6.45) is -0.385. The molecule has 0 spiro atoms. The fourth-order valence-corrected chi connectivity index (χ4v) is 1.83. The number of likely N-dealkylation sites (N-methyl/N-ethyl adjacent to an activating group) is 1. The maximum atomic E-state index is 9.38. The number of nitrogens with two attached hydrogens (primary N) is 1. The Bertz CT molecular complexity index is 391. The van der Waals surface area contributed by atoms with Crippen molar-refractivity contribution in [3.05, 3.63) is 29.3 Å². The SMILES string of the molecule is Cc1ccc(C(N)=S)c(N(C)CC(C)O)c1. The number of anilines is 1. The zero-order chi connectivity index (χ0) is 12.3. The molecule has 88 valence electrons. The van der Waals surface area contributed by atoms with Gasteiger partial charge in [0.2, 0.25) is 0 Å². The standard InChI is InChI=1S/C12H18N2OS/c1-8-4-5-10(12(13)16)11(6-8)14(3)7-9(2)15/h4-6,9,15H,7H2,1-3H3,(H2,13,16). The van der Waals surface area contributed by atoms with Gasteiger partial charge in [0.25, 0.3) is 0 Å². The molecule has 0 radical (unpaired) electrons. The highest BCUT2D eigenvalue weighted by Gasteiger charge is 2.11. The molecule has 0 aromatic heterocycles. The molecule has 0 heterocycles. The van der Waals surface area contributed by atoms with Gasteiger partial charge in [0.1, 0.15) is 4.99 Å². The molecule has 1 aromatic carbocycles. The van der Waals surface area contributed by atoms with E-state index >= 15 is 0 Å². The van der Waals surface area contributed by atoms with E-state index in [1.807, 2.05) is 37.1 Å². The largest absolute Gasteiger partial charge is 0.392 e. The Kier molecular flexibility index (Phi) is 4.26. The van der Waals surface area contributed by atoms with E-state index in [0.717, 1.165) is 16.8 Å². The maximum Gasteiger partial charge on any atom is 0.106 e. The van der Waals surface area contributed by atoms with Gasteiger partial charge >= 0.3 is 0 Å². The molecule has 16 heavy (non-hydrogen) atoms. The molecule has 3 N–H and O–H groups in total. The number of benzene rings is 1. The molecule has 0 aliphatic rings. The maximum absolute atomic E-state index is 9.38. The predicted octanol–water partition coefficient (Wildman–Crippen LogP) is 1.45. The van der Waals surface area contributed by atoms with E-state index in [1.54, 1.807) is 6.92 Å². The smallest absolute Gasteiger partial charge is 0.106 e. The summed E-state index contributed by atoms with van der Waals surface area (Å²) in [6.45, 7) is 4.33. The lowest BCUT2D eigenvalue weighted by atomic mass is 10.1. The Morgan fingerprint density at radius 3 is 2.69 bits per heavy atom. The minimum absolute atomic E-state index is 0.382. The van der Waals surface area contributed by atoms with Crippen LogP contribution in [-0.2, 0) is 0 Å². The van der Waals surface area contributed by atoms with Crippen molar-refractivity contribution in [1.82, 2.24) is 0 Å². The third-order valence-corrected chi connectivity index (χ3v) is 2.59. The second-order valence-electron chi connectivity index (χ2n) is 4.11. The van der Waals surface area contributed by atoms with Crippen molar-refractivity contribution in [2.75, 3.05) is 18.5 Å². The highest BCUT2D eigenvalue weighted by molar-refractivity contribution is 7.80. The van der Waals surface area contributed by atoms with Gasteiger partial charge in [-0.3, -0.25) is 0 Å². The van der Waals surface area contributed by atoms with Crippen LogP contribution in [-0.4, -0.2) is 29.8 Å². The third-order valence-electron chi connectivity index (χ3n) is 2.37. The quantitative estimate of drug-likeness (QED) is 0.780. The molecule has 0 aliphatic carbocycles. The second kappa shape index (κ2) is 5.27. The Balaban J connectivity index is 3.09. The minimum Gasteiger partial charge on any atom is -0.392 e. The summed E-state index contributed by atoms with van der Waals surface area (Å²) in [4.78, 5) is 2.35. The Labute approximate surface area is 102 Å². The van der Waals surface area contributed by atoms with Crippen LogP contribution in [0.15, 0.2) is 18.2 Å². The van der Waals surface area contributed by atoms with Gasteiger partial charge in [0.05, 0.1) is 6.10 Å². The molecule has 0 saturated carbocycles.